The summed E-state index contributed by atoms with van der Waals surface area (Å²) in [5, 5.41) is 0.668. The predicted molar refractivity (Wildman–Crippen MR) is 124 cm³/mol. The highest BCUT2D eigenvalue weighted by atomic mass is 32.2. The topological polar surface area (TPSA) is 79.8 Å². The summed E-state index contributed by atoms with van der Waals surface area (Å²) in [6.07, 6.45) is 5.68. The maximum atomic E-state index is 12.1. The van der Waals surface area contributed by atoms with Gasteiger partial charge in [-0.1, -0.05) is 37.3 Å². The first kappa shape index (κ1) is 22.2. The summed E-state index contributed by atoms with van der Waals surface area (Å²) >= 11 is 1.54. The molecule has 9 heteroatoms. The Labute approximate surface area is 187 Å². The molecule has 1 saturated heterocycles. The number of amides is 1. The number of sulfonamides is 1. The minimum atomic E-state index is -3.15. The van der Waals surface area contributed by atoms with Crippen molar-refractivity contribution in [2.75, 3.05) is 32.4 Å². The molecule has 2 aliphatic rings. The fourth-order valence-corrected chi connectivity index (χ4v) is 5.76. The molecule has 2 aromatic rings. The van der Waals surface area contributed by atoms with Gasteiger partial charge < -0.3 is 9.64 Å². The number of thiazole rings is 1. The zero-order chi connectivity index (χ0) is 22.2. The number of carbonyl (C=O) groups is 1. The number of likely N-dealkylation sites (tertiary alicyclic amines) is 1. The third-order valence-electron chi connectivity index (χ3n) is 5.90. The second-order valence-electron chi connectivity index (χ2n) is 8.56. The van der Waals surface area contributed by atoms with Crippen LogP contribution in [0.5, 0.6) is 5.19 Å². The molecule has 1 aromatic heterocycles. The van der Waals surface area contributed by atoms with Gasteiger partial charge >= 0.3 is 0 Å². The van der Waals surface area contributed by atoms with Crippen LogP contribution in [0.1, 0.15) is 38.7 Å². The van der Waals surface area contributed by atoms with Gasteiger partial charge in [-0.2, -0.15) is 4.31 Å². The molecule has 0 atom stereocenters. The Morgan fingerprint density at radius 1 is 1.23 bits per heavy atom. The van der Waals surface area contributed by atoms with Crippen LogP contribution < -0.4 is 4.74 Å². The molecule has 1 amide bonds. The summed E-state index contributed by atoms with van der Waals surface area (Å²) in [5.74, 6) is 0.243. The molecule has 0 bridgehead atoms. The molecule has 0 radical (unpaired) electrons. The highest BCUT2D eigenvalue weighted by Gasteiger charge is 2.26. The van der Waals surface area contributed by atoms with Crippen LogP contribution in [-0.4, -0.2) is 67.1 Å². The van der Waals surface area contributed by atoms with E-state index in [1.165, 1.54) is 27.5 Å². The van der Waals surface area contributed by atoms with Gasteiger partial charge in [-0.3, -0.25) is 4.79 Å². The summed E-state index contributed by atoms with van der Waals surface area (Å²) in [7, 11) is -3.15. The van der Waals surface area contributed by atoms with Gasteiger partial charge in [-0.15, -0.1) is 0 Å². The molecule has 0 spiro atoms. The van der Waals surface area contributed by atoms with Crippen LogP contribution in [0.3, 0.4) is 0 Å². The molecule has 0 saturated carbocycles. The zero-order valence-electron chi connectivity index (χ0n) is 18.2. The van der Waals surface area contributed by atoms with Gasteiger partial charge in [0.15, 0.2) is 0 Å². The standard InChI is InChI=1S/C22H29N3O4S2/c1-15(2)21(26)24-10-8-18(9-11-24)29-22-23-19-5-4-17(14-20(19)30-22)16-6-12-25(13-7-16)31(3,27)28/h4-6,14-15,18H,7-13H2,1-3H3. The normalized spacial score (nSPS) is 19.1. The Bertz CT molecular complexity index is 1100. The lowest BCUT2D eigenvalue weighted by Gasteiger charge is -2.32. The maximum absolute atomic E-state index is 12.1. The molecule has 1 fully saturated rings. The highest BCUT2D eigenvalue weighted by molar-refractivity contribution is 7.88. The zero-order valence-corrected chi connectivity index (χ0v) is 19.8. The smallest absolute Gasteiger partial charge is 0.274 e. The Morgan fingerprint density at radius 3 is 2.58 bits per heavy atom. The van der Waals surface area contributed by atoms with E-state index in [4.69, 9.17) is 4.74 Å². The van der Waals surface area contributed by atoms with Crippen molar-refractivity contribution in [2.45, 2.75) is 39.2 Å². The first-order valence-corrected chi connectivity index (χ1v) is 13.4. The molecule has 168 valence electrons. The average molecular weight is 464 g/mol. The number of rotatable bonds is 5. The van der Waals surface area contributed by atoms with Crippen LogP contribution in [0.4, 0.5) is 0 Å². The van der Waals surface area contributed by atoms with E-state index in [9.17, 15) is 13.2 Å². The molecule has 7 nitrogen and oxygen atoms in total. The predicted octanol–water partition coefficient (Wildman–Crippen LogP) is 3.37. The van der Waals surface area contributed by atoms with Gasteiger partial charge in [-0.05, 0) is 29.7 Å². The fourth-order valence-electron chi connectivity index (χ4n) is 4.07. The lowest BCUT2D eigenvalue weighted by atomic mass is 10.0. The number of aromatic nitrogens is 1. The third-order valence-corrected chi connectivity index (χ3v) is 8.07. The van der Waals surface area contributed by atoms with E-state index in [1.54, 1.807) is 0 Å². The van der Waals surface area contributed by atoms with Crippen molar-refractivity contribution in [2.24, 2.45) is 5.92 Å². The van der Waals surface area contributed by atoms with Gasteiger partial charge in [-0.25, -0.2) is 13.4 Å². The van der Waals surface area contributed by atoms with Crippen LogP contribution in [-0.2, 0) is 14.8 Å². The summed E-state index contributed by atoms with van der Waals surface area (Å²) in [4.78, 5) is 18.7. The number of hydrogen-bond acceptors (Lipinski definition) is 6. The monoisotopic (exact) mass is 463 g/mol. The van der Waals surface area contributed by atoms with Crippen LogP contribution in [0, 0.1) is 5.92 Å². The molecule has 2 aliphatic heterocycles. The molecule has 0 aliphatic carbocycles. The SMILES string of the molecule is CC(C)C(=O)N1CCC(Oc2nc3ccc(C4=CCN(S(C)(=O)=O)CC4)cc3s2)CC1. The molecular weight excluding hydrogens is 434 g/mol. The molecule has 4 rings (SSSR count). The Kier molecular flexibility index (Phi) is 6.37. The summed E-state index contributed by atoms with van der Waals surface area (Å²) < 4.78 is 32.1. The minimum Gasteiger partial charge on any atom is -0.467 e. The van der Waals surface area contributed by atoms with Gasteiger partial charge in [0.05, 0.1) is 16.5 Å². The van der Waals surface area contributed by atoms with E-state index in [-0.39, 0.29) is 17.9 Å². The van der Waals surface area contributed by atoms with E-state index in [0.717, 1.165) is 41.7 Å². The Morgan fingerprint density at radius 2 is 1.97 bits per heavy atom. The summed E-state index contributed by atoms with van der Waals surface area (Å²) in [5.41, 5.74) is 3.18. The maximum Gasteiger partial charge on any atom is 0.274 e. The van der Waals surface area contributed by atoms with Crippen molar-refractivity contribution in [3.8, 4) is 5.19 Å². The van der Waals surface area contributed by atoms with Crippen LogP contribution >= 0.6 is 11.3 Å². The van der Waals surface area contributed by atoms with E-state index in [1.807, 2.05) is 37.0 Å². The van der Waals surface area contributed by atoms with Crippen LogP contribution in [0.2, 0.25) is 0 Å². The van der Waals surface area contributed by atoms with Crippen molar-refractivity contribution in [1.29, 1.82) is 0 Å². The number of ether oxygens (including phenoxy) is 1. The summed E-state index contributed by atoms with van der Waals surface area (Å²) in [6.45, 7) is 6.26. The fraction of sp³-hybridized carbons (Fsp3) is 0.545. The number of nitrogens with zero attached hydrogens (tertiary/aromatic N) is 3. The number of fused-ring (bicyclic) bond motifs is 1. The van der Waals surface area contributed by atoms with Crippen LogP contribution in [0.15, 0.2) is 24.3 Å². The van der Waals surface area contributed by atoms with Crippen LogP contribution in [0.25, 0.3) is 15.8 Å². The Balaban J connectivity index is 1.41. The Hall–Kier alpha value is -1.97. The second kappa shape index (κ2) is 8.88. The van der Waals surface area contributed by atoms with E-state index >= 15 is 0 Å². The van der Waals surface area contributed by atoms with Crippen molar-refractivity contribution < 1.29 is 17.9 Å². The van der Waals surface area contributed by atoms with Crippen molar-refractivity contribution in [3.05, 3.63) is 29.8 Å². The van der Waals surface area contributed by atoms with Gasteiger partial charge in [0.1, 0.15) is 6.10 Å². The third kappa shape index (κ3) is 5.10. The van der Waals surface area contributed by atoms with E-state index in [2.05, 4.69) is 11.1 Å². The largest absolute Gasteiger partial charge is 0.467 e. The molecule has 3 heterocycles. The molecule has 0 unspecified atom stereocenters. The lowest BCUT2D eigenvalue weighted by Crippen LogP contribution is -2.43. The number of piperidine rings is 1. The molecule has 1 aromatic carbocycles. The molecular formula is C22H29N3O4S2. The van der Waals surface area contributed by atoms with Gasteiger partial charge in [0.25, 0.3) is 5.19 Å². The number of hydrogen-bond donors (Lipinski definition) is 0. The quantitative estimate of drug-likeness (QED) is 0.679. The van der Waals surface area contributed by atoms with Gasteiger partial charge in [0.2, 0.25) is 15.9 Å². The number of carbonyl (C=O) groups excluding carboxylic acids is 1. The highest BCUT2D eigenvalue weighted by Crippen LogP contribution is 2.33. The lowest BCUT2D eigenvalue weighted by molar-refractivity contribution is -0.136. The first-order valence-electron chi connectivity index (χ1n) is 10.7. The van der Waals surface area contributed by atoms with Crippen molar-refractivity contribution >= 4 is 43.1 Å². The molecule has 0 N–H and O–H groups in total. The minimum absolute atomic E-state index is 0.0321. The van der Waals surface area contributed by atoms with E-state index < -0.39 is 10.0 Å². The van der Waals surface area contributed by atoms with E-state index in [0.29, 0.717) is 24.7 Å². The average Bonchev–Trinajstić information content (AvgIpc) is 3.14. The number of benzene rings is 1. The van der Waals surface area contributed by atoms with Crippen molar-refractivity contribution in [3.63, 3.8) is 0 Å². The van der Waals surface area contributed by atoms with Crippen molar-refractivity contribution in [1.82, 2.24) is 14.2 Å². The first-order chi connectivity index (χ1) is 14.7. The van der Waals surface area contributed by atoms with Gasteiger partial charge in [0, 0.05) is 44.9 Å². The second-order valence-corrected chi connectivity index (χ2v) is 11.5. The summed E-state index contributed by atoms with van der Waals surface area (Å²) in [6, 6.07) is 6.16. The molecule has 31 heavy (non-hydrogen) atoms.